The Morgan fingerprint density at radius 2 is 2.33 bits per heavy atom. The lowest BCUT2D eigenvalue weighted by Crippen LogP contribution is -2.35. The smallest absolute Gasteiger partial charge is 0.275 e. The second-order valence-corrected chi connectivity index (χ2v) is 5.92. The summed E-state index contributed by atoms with van der Waals surface area (Å²) < 4.78 is 7.80. The number of aryl methyl sites for hydroxylation is 2. The van der Waals surface area contributed by atoms with Crippen LogP contribution in [0, 0.1) is 0 Å². The molecule has 114 valence electrons. The summed E-state index contributed by atoms with van der Waals surface area (Å²) in [6.07, 6.45) is 5.16. The highest BCUT2D eigenvalue weighted by Crippen LogP contribution is 2.18. The van der Waals surface area contributed by atoms with Crippen molar-refractivity contribution in [2.45, 2.75) is 39.3 Å². The molecule has 0 N–H and O–H groups in total. The number of halogens is 1. The van der Waals surface area contributed by atoms with E-state index in [0.29, 0.717) is 5.69 Å². The second-order valence-electron chi connectivity index (χ2n) is 5.06. The fourth-order valence-corrected chi connectivity index (χ4v) is 2.56. The number of hydrogen-bond acceptors (Lipinski definition) is 3. The monoisotopic (exact) mass is 353 g/mol. The number of carbonyl (C=O) groups is 1. The maximum Gasteiger partial charge on any atom is 0.275 e. The number of rotatable bonds is 6. The molecular weight excluding hydrogens is 334 g/mol. The maximum atomic E-state index is 12.5. The highest BCUT2D eigenvalue weighted by atomic mass is 79.9. The van der Waals surface area contributed by atoms with Crippen LogP contribution in [0.2, 0.25) is 0 Å². The van der Waals surface area contributed by atoms with Crippen LogP contribution >= 0.6 is 15.9 Å². The Balaban J connectivity index is 1.98. The average molecular weight is 354 g/mol. The number of hydrogen-bond donors (Lipinski definition) is 0. The Hall–Kier alpha value is -1.56. The van der Waals surface area contributed by atoms with Crippen molar-refractivity contribution in [3.63, 3.8) is 0 Å². The van der Waals surface area contributed by atoms with Crippen molar-refractivity contribution < 1.29 is 9.21 Å². The van der Waals surface area contributed by atoms with Gasteiger partial charge in [-0.25, -0.2) is 0 Å². The molecule has 0 saturated heterocycles. The van der Waals surface area contributed by atoms with Crippen molar-refractivity contribution in [2.75, 3.05) is 7.05 Å². The molecule has 0 fully saturated rings. The van der Waals surface area contributed by atoms with Crippen LogP contribution in [0.4, 0.5) is 0 Å². The molecule has 6 heteroatoms. The zero-order chi connectivity index (χ0) is 15.4. The van der Waals surface area contributed by atoms with Gasteiger partial charge in [-0.2, -0.15) is 5.10 Å². The van der Waals surface area contributed by atoms with Gasteiger partial charge in [-0.05, 0) is 48.3 Å². The Kier molecular flexibility index (Phi) is 5.22. The van der Waals surface area contributed by atoms with Gasteiger partial charge in [-0.15, -0.1) is 0 Å². The van der Waals surface area contributed by atoms with Crippen LogP contribution in [0.3, 0.4) is 0 Å². The predicted octanol–water partition coefficient (Wildman–Crippen LogP) is 3.35. The van der Waals surface area contributed by atoms with E-state index in [9.17, 15) is 4.79 Å². The van der Waals surface area contributed by atoms with Gasteiger partial charge in [0.1, 0.15) is 5.76 Å². The van der Waals surface area contributed by atoms with E-state index < -0.39 is 0 Å². The van der Waals surface area contributed by atoms with E-state index >= 15 is 0 Å². The number of nitrogens with zero attached hydrogens (tertiary/aromatic N) is 3. The third-order valence-corrected chi connectivity index (χ3v) is 4.19. The summed E-state index contributed by atoms with van der Waals surface area (Å²) in [5.74, 6) is 0.875. The topological polar surface area (TPSA) is 51.3 Å². The van der Waals surface area contributed by atoms with E-state index in [4.69, 9.17) is 4.42 Å². The quantitative estimate of drug-likeness (QED) is 0.799. The van der Waals surface area contributed by atoms with E-state index in [0.717, 1.165) is 29.6 Å². The van der Waals surface area contributed by atoms with E-state index in [-0.39, 0.29) is 11.9 Å². The zero-order valence-corrected chi connectivity index (χ0v) is 14.1. The molecule has 0 aliphatic heterocycles. The number of aromatic nitrogens is 2. The third kappa shape index (κ3) is 3.75. The molecule has 0 aliphatic carbocycles. The highest BCUT2D eigenvalue weighted by molar-refractivity contribution is 9.10. The lowest BCUT2D eigenvalue weighted by Gasteiger charge is -2.24. The van der Waals surface area contributed by atoms with Gasteiger partial charge in [0.2, 0.25) is 0 Å². The molecule has 1 amide bonds. The molecule has 0 radical (unpaired) electrons. The molecule has 2 heterocycles. The van der Waals surface area contributed by atoms with Gasteiger partial charge in [0.05, 0.1) is 10.7 Å². The summed E-state index contributed by atoms with van der Waals surface area (Å²) in [7, 11) is 1.81. The number of furan rings is 1. The minimum atomic E-state index is -0.0685. The zero-order valence-electron chi connectivity index (χ0n) is 12.5. The molecule has 2 aromatic rings. The molecule has 1 unspecified atom stereocenters. The molecular formula is C15H20BrN3O2. The summed E-state index contributed by atoms with van der Waals surface area (Å²) in [5.41, 5.74) is 0.462. The first-order valence-electron chi connectivity index (χ1n) is 7.05. The van der Waals surface area contributed by atoms with E-state index in [1.165, 1.54) is 0 Å². The van der Waals surface area contributed by atoms with Gasteiger partial charge < -0.3 is 9.32 Å². The van der Waals surface area contributed by atoms with Crippen molar-refractivity contribution in [2.24, 2.45) is 0 Å². The van der Waals surface area contributed by atoms with Crippen molar-refractivity contribution in [1.29, 1.82) is 0 Å². The fraction of sp³-hybridized carbons (Fsp3) is 0.467. The Bertz CT molecular complexity index is 592. The van der Waals surface area contributed by atoms with Crippen LogP contribution < -0.4 is 0 Å². The fourth-order valence-electron chi connectivity index (χ4n) is 2.07. The Morgan fingerprint density at radius 1 is 1.57 bits per heavy atom. The number of amides is 1. The second kappa shape index (κ2) is 6.93. The first-order chi connectivity index (χ1) is 10.0. The Morgan fingerprint density at radius 3 is 2.90 bits per heavy atom. The van der Waals surface area contributed by atoms with Crippen molar-refractivity contribution >= 4 is 21.8 Å². The molecule has 0 bridgehead atoms. The van der Waals surface area contributed by atoms with Crippen LogP contribution in [-0.4, -0.2) is 33.7 Å². The first kappa shape index (κ1) is 15.8. The molecule has 0 aliphatic rings. The van der Waals surface area contributed by atoms with Gasteiger partial charge in [0.25, 0.3) is 5.91 Å². The minimum absolute atomic E-state index is 0.0685. The van der Waals surface area contributed by atoms with Gasteiger partial charge in [-0.1, -0.05) is 0 Å². The summed E-state index contributed by atoms with van der Waals surface area (Å²) in [6.45, 7) is 4.76. The van der Waals surface area contributed by atoms with E-state index in [1.54, 1.807) is 15.8 Å². The van der Waals surface area contributed by atoms with Gasteiger partial charge >= 0.3 is 0 Å². The maximum absolute atomic E-state index is 12.5. The largest absolute Gasteiger partial charge is 0.469 e. The van der Waals surface area contributed by atoms with Crippen molar-refractivity contribution in [3.8, 4) is 0 Å². The molecule has 5 nitrogen and oxygen atoms in total. The molecule has 0 spiro atoms. The standard InChI is InChI=1S/C15H20BrN3O2/c1-4-19-10-13(16)14(17-19)15(20)18(3)11(2)7-8-12-6-5-9-21-12/h5-6,9-11H,4,7-8H2,1-3H3. The molecule has 2 aromatic heterocycles. The Labute approximate surface area is 133 Å². The summed E-state index contributed by atoms with van der Waals surface area (Å²) in [5, 5.41) is 4.30. The lowest BCUT2D eigenvalue weighted by atomic mass is 10.1. The van der Waals surface area contributed by atoms with Gasteiger partial charge in [0.15, 0.2) is 5.69 Å². The predicted molar refractivity (Wildman–Crippen MR) is 84.2 cm³/mol. The van der Waals surface area contributed by atoms with Crippen molar-refractivity contribution in [3.05, 3.63) is 40.5 Å². The van der Waals surface area contributed by atoms with Crippen LogP contribution in [0.25, 0.3) is 0 Å². The molecule has 0 aromatic carbocycles. The van der Waals surface area contributed by atoms with Gasteiger partial charge in [0, 0.05) is 32.3 Å². The molecule has 21 heavy (non-hydrogen) atoms. The summed E-state index contributed by atoms with van der Waals surface area (Å²) in [4.78, 5) is 14.2. The molecule has 1 atom stereocenters. The lowest BCUT2D eigenvalue weighted by molar-refractivity contribution is 0.0728. The minimum Gasteiger partial charge on any atom is -0.469 e. The average Bonchev–Trinajstić information content (AvgIpc) is 3.12. The van der Waals surface area contributed by atoms with Crippen LogP contribution in [0.1, 0.15) is 36.5 Å². The first-order valence-corrected chi connectivity index (χ1v) is 7.84. The van der Waals surface area contributed by atoms with Crippen LogP contribution in [0.15, 0.2) is 33.5 Å². The summed E-state index contributed by atoms with van der Waals surface area (Å²) >= 11 is 3.40. The van der Waals surface area contributed by atoms with E-state index in [2.05, 4.69) is 21.0 Å². The van der Waals surface area contributed by atoms with Crippen molar-refractivity contribution in [1.82, 2.24) is 14.7 Å². The summed E-state index contributed by atoms with van der Waals surface area (Å²) in [6, 6.07) is 3.94. The third-order valence-electron chi connectivity index (χ3n) is 3.61. The van der Waals surface area contributed by atoms with Crippen LogP contribution in [-0.2, 0) is 13.0 Å². The van der Waals surface area contributed by atoms with E-state index in [1.807, 2.05) is 39.2 Å². The number of carbonyl (C=O) groups excluding carboxylic acids is 1. The highest BCUT2D eigenvalue weighted by Gasteiger charge is 2.22. The van der Waals surface area contributed by atoms with Gasteiger partial charge in [-0.3, -0.25) is 9.48 Å². The molecule has 2 rings (SSSR count). The SMILES string of the molecule is CCn1cc(Br)c(C(=O)N(C)C(C)CCc2ccco2)n1. The molecule has 0 saturated carbocycles. The van der Waals surface area contributed by atoms with Crippen LogP contribution in [0.5, 0.6) is 0 Å². The normalized spacial score (nSPS) is 12.4.